The van der Waals surface area contributed by atoms with Gasteiger partial charge in [-0.2, -0.15) is 18.3 Å². The van der Waals surface area contributed by atoms with Crippen molar-refractivity contribution in [2.75, 3.05) is 40.4 Å². The fourth-order valence-corrected chi connectivity index (χ4v) is 4.59. The Morgan fingerprint density at radius 1 is 1.23 bits per heavy atom. The number of likely N-dealkylation sites (N-methyl/N-ethyl adjacent to an activating group) is 2. The standard InChI is InChI=1S/C20H31F5N4O/c1-26-7-8-28(2)10-16-18(17-9-19(21,22)12-29(17)27-16)15-5-3-14(4-6-15)11-30-13-20(23,24)25/h14-15,26H,3-13H2,1-2H3. The zero-order valence-electron chi connectivity index (χ0n) is 17.6. The molecule has 0 saturated heterocycles. The number of halogens is 5. The molecular formula is C20H31F5N4O. The zero-order valence-corrected chi connectivity index (χ0v) is 17.6. The minimum absolute atomic E-state index is 0.0791. The molecule has 1 aliphatic heterocycles. The van der Waals surface area contributed by atoms with E-state index in [9.17, 15) is 22.0 Å². The van der Waals surface area contributed by atoms with Crippen molar-refractivity contribution in [3.05, 3.63) is 17.0 Å². The van der Waals surface area contributed by atoms with Gasteiger partial charge in [-0.1, -0.05) is 0 Å². The molecule has 1 aliphatic carbocycles. The largest absolute Gasteiger partial charge is 0.411 e. The Morgan fingerprint density at radius 3 is 2.57 bits per heavy atom. The molecule has 2 heterocycles. The number of nitrogens with zero attached hydrogens (tertiary/aromatic N) is 3. The van der Waals surface area contributed by atoms with Crippen LogP contribution in [-0.4, -0.2) is 67.2 Å². The molecular weight excluding hydrogens is 407 g/mol. The van der Waals surface area contributed by atoms with Crippen molar-refractivity contribution >= 4 is 0 Å². The van der Waals surface area contributed by atoms with Crippen molar-refractivity contribution in [3.63, 3.8) is 0 Å². The van der Waals surface area contributed by atoms with Gasteiger partial charge in [0.25, 0.3) is 5.92 Å². The van der Waals surface area contributed by atoms with Crippen LogP contribution in [0.25, 0.3) is 0 Å². The van der Waals surface area contributed by atoms with E-state index in [1.165, 1.54) is 4.68 Å². The average molecular weight is 438 g/mol. The molecule has 30 heavy (non-hydrogen) atoms. The van der Waals surface area contributed by atoms with Crippen LogP contribution < -0.4 is 5.32 Å². The molecule has 1 N–H and O–H groups in total. The van der Waals surface area contributed by atoms with Crippen LogP contribution in [0.1, 0.15) is 48.6 Å². The van der Waals surface area contributed by atoms with Crippen LogP contribution in [0.3, 0.4) is 0 Å². The van der Waals surface area contributed by atoms with E-state index >= 15 is 0 Å². The monoisotopic (exact) mass is 438 g/mol. The maximum absolute atomic E-state index is 14.0. The summed E-state index contributed by atoms with van der Waals surface area (Å²) in [6, 6.07) is 0. The van der Waals surface area contributed by atoms with Gasteiger partial charge >= 0.3 is 6.18 Å². The third kappa shape index (κ3) is 6.13. The molecule has 1 aromatic rings. The molecule has 0 atom stereocenters. The van der Waals surface area contributed by atoms with E-state index in [4.69, 9.17) is 4.74 Å². The highest BCUT2D eigenvalue weighted by Gasteiger charge is 2.42. The predicted octanol–water partition coefficient (Wildman–Crippen LogP) is 3.58. The lowest BCUT2D eigenvalue weighted by Crippen LogP contribution is -2.28. The second-order valence-corrected chi connectivity index (χ2v) is 8.69. The molecule has 10 heteroatoms. The quantitative estimate of drug-likeness (QED) is 0.599. The maximum atomic E-state index is 14.0. The first-order valence-corrected chi connectivity index (χ1v) is 10.5. The number of nitrogens with one attached hydrogen (secondary N) is 1. The Morgan fingerprint density at radius 2 is 1.93 bits per heavy atom. The maximum Gasteiger partial charge on any atom is 0.411 e. The SMILES string of the molecule is CNCCN(C)Cc1nn2c(c1C1CCC(COCC(F)(F)F)CC1)CC(F)(F)C2. The summed E-state index contributed by atoms with van der Waals surface area (Å²) >= 11 is 0. The number of ether oxygens (including phenoxy) is 1. The molecule has 1 fully saturated rings. The van der Waals surface area contributed by atoms with Gasteiger partial charge in [0.15, 0.2) is 0 Å². The van der Waals surface area contributed by atoms with Crippen LogP contribution in [0, 0.1) is 5.92 Å². The summed E-state index contributed by atoms with van der Waals surface area (Å²) in [7, 11) is 3.86. The average Bonchev–Trinajstić information content (AvgIpc) is 3.10. The van der Waals surface area contributed by atoms with Gasteiger partial charge in [0.2, 0.25) is 0 Å². The summed E-state index contributed by atoms with van der Waals surface area (Å²) in [5.74, 6) is -2.57. The summed E-state index contributed by atoms with van der Waals surface area (Å²) in [5.41, 5.74) is 2.43. The minimum atomic E-state index is -4.31. The zero-order chi connectivity index (χ0) is 21.9. The van der Waals surface area contributed by atoms with Crippen LogP contribution in [0.15, 0.2) is 0 Å². The highest BCUT2D eigenvalue weighted by Crippen LogP contribution is 2.42. The Hall–Kier alpha value is -1.26. The number of hydrogen-bond acceptors (Lipinski definition) is 4. The van der Waals surface area contributed by atoms with E-state index < -0.39 is 18.7 Å². The molecule has 0 bridgehead atoms. The van der Waals surface area contributed by atoms with Crippen molar-refractivity contribution in [1.29, 1.82) is 0 Å². The van der Waals surface area contributed by atoms with Gasteiger partial charge in [-0.15, -0.1) is 0 Å². The van der Waals surface area contributed by atoms with Crippen molar-refractivity contribution < 1.29 is 26.7 Å². The smallest absolute Gasteiger partial charge is 0.372 e. The second-order valence-electron chi connectivity index (χ2n) is 8.69. The van der Waals surface area contributed by atoms with Crippen LogP contribution in [-0.2, 0) is 24.2 Å². The summed E-state index contributed by atoms with van der Waals surface area (Å²) in [4.78, 5) is 2.12. The highest BCUT2D eigenvalue weighted by molar-refractivity contribution is 5.34. The summed E-state index contributed by atoms with van der Waals surface area (Å²) in [6.45, 7) is 0.726. The molecule has 0 spiro atoms. The normalized spacial score (nSPS) is 23.9. The van der Waals surface area contributed by atoms with Crippen molar-refractivity contribution in [2.24, 2.45) is 5.92 Å². The van der Waals surface area contributed by atoms with Crippen molar-refractivity contribution in [2.45, 2.75) is 63.2 Å². The van der Waals surface area contributed by atoms with Crippen molar-refractivity contribution in [1.82, 2.24) is 20.0 Å². The lowest BCUT2D eigenvalue weighted by Gasteiger charge is -2.29. The van der Waals surface area contributed by atoms with Gasteiger partial charge in [0.05, 0.1) is 12.1 Å². The molecule has 172 valence electrons. The molecule has 1 aromatic heterocycles. The third-order valence-corrected chi connectivity index (χ3v) is 6.02. The molecule has 5 nitrogen and oxygen atoms in total. The first-order valence-electron chi connectivity index (χ1n) is 10.5. The molecule has 0 radical (unpaired) electrons. The van der Waals surface area contributed by atoms with Gasteiger partial charge in [-0.25, -0.2) is 8.78 Å². The Labute approximate surface area is 173 Å². The van der Waals surface area contributed by atoms with Gasteiger partial charge in [0.1, 0.15) is 13.2 Å². The van der Waals surface area contributed by atoms with E-state index in [0.717, 1.165) is 50.0 Å². The van der Waals surface area contributed by atoms with Crippen LogP contribution >= 0.6 is 0 Å². The van der Waals surface area contributed by atoms with Crippen LogP contribution in [0.4, 0.5) is 22.0 Å². The number of fused-ring (bicyclic) bond motifs is 1. The molecule has 0 aromatic carbocycles. The molecule has 1 saturated carbocycles. The van der Waals surface area contributed by atoms with Crippen LogP contribution in [0.2, 0.25) is 0 Å². The lowest BCUT2D eigenvalue weighted by atomic mass is 9.78. The molecule has 0 unspecified atom stereocenters. The van der Waals surface area contributed by atoms with E-state index in [0.29, 0.717) is 12.2 Å². The fourth-order valence-electron chi connectivity index (χ4n) is 4.59. The molecule has 3 rings (SSSR count). The van der Waals surface area contributed by atoms with E-state index in [1.807, 2.05) is 14.1 Å². The number of hydrogen-bond donors (Lipinski definition) is 1. The summed E-state index contributed by atoms with van der Waals surface area (Å²) in [5, 5.41) is 7.62. The Kier molecular flexibility index (Phi) is 7.40. The Balaban J connectivity index is 1.66. The Bertz CT molecular complexity index is 698. The van der Waals surface area contributed by atoms with Gasteiger partial charge in [-0.3, -0.25) is 9.58 Å². The van der Waals surface area contributed by atoms with Gasteiger partial charge < -0.3 is 10.1 Å². The second kappa shape index (κ2) is 9.48. The minimum Gasteiger partial charge on any atom is -0.372 e. The third-order valence-electron chi connectivity index (χ3n) is 6.02. The topological polar surface area (TPSA) is 42.3 Å². The predicted molar refractivity (Wildman–Crippen MR) is 103 cm³/mol. The van der Waals surface area contributed by atoms with Crippen molar-refractivity contribution in [3.8, 4) is 0 Å². The highest BCUT2D eigenvalue weighted by atomic mass is 19.4. The first kappa shape index (κ1) is 23.4. The van der Waals surface area contributed by atoms with Gasteiger partial charge in [-0.05, 0) is 51.6 Å². The first-order chi connectivity index (χ1) is 14.1. The van der Waals surface area contributed by atoms with Gasteiger partial charge in [0, 0.05) is 37.5 Å². The number of rotatable bonds is 9. The molecule has 0 amide bonds. The number of alkyl halides is 5. The summed E-state index contributed by atoms with van der Waals surface area (Å²) in [6.07, 6.45) is -1.61. The summed E-state index contributed by atoms with van der Waals surface area (Å²) < 4.78 is 71.1. The molecule has 2 aliphatic rings. The van der Waals surface area contributed by atoms with Crippen LogP contribution in [0.5, 0.6) is 0 Å². The van der Waals surface area contributed by atoms with E-state index in [1.54, 1.807) is 0 Å². The van der Waals surface area contributed by atoms with E-state index in [-0.39, 0.29) is 31.4 Å². The number of aromatic nitrogens is 2. The lowest BCUT2D eigenvalue weighted by molar-refractivity contribution is -0.177. The fraction of sp³-hybridized carbons (Fsp3) is 0.850. The van der Waals surface area contributed by atoms with E-state index in [2.05, 4.69) is 15.3 Å².